The average Bonchev–Trinajstić information content (AvgIpc) is 3.18. The number of rotatable bonds is 5. The first-order valence-corrected chi connectivity index (χ1v) is 9.26. The number of fused-ring (bicyclic) bond motifs is 1. The van der Waals surface area contributed by atoms with Crippen molar-refractivity contribution < 1.29 is 4.74 Å². The summed E-state index contributed by atoms with van der Waals surface area (Å²) >= 11 is 0. The van der Waals surface area contributed by atoms with Crippen LogP contribution >= 0.6 is 0 Å². The molecule has 1 saturated heterocycles. The lowest BCUT2D eigenvalue weighted by atomic mass is 10.0. The van der Waals surface area contributed by atoms with Crippen LogP contribution in [0.15, 0.2) is 36.7 Å². The number of nitrogens with one attached hydrogen (secondary N) is 1. The quantitative estimate of drug-likeness (QED) is 0.907. The second-order valence-electron chi connectivity index (χ2n) is 7.13. The Hall–Kier alpha value is -1.98. The van der Waals surface area contributed by atoms with Gasteiger partial charge in [0, 0.05) is 44.1 Å². The summed E-state index contributed by atoms with van der Waals surface area (Å²) in [5.41, 5.74) is 3.66. The molecule has 0 saturated carbocycles. The van der Waals surface area contributed by atoms with Crippen LogP contribution in [0.1, 0.15) is 30.2 Å². The van der Waals surface area contributed by atoms with Crippen molar-refractivity contribution in [3.8, 4) is 5.88 Å². The Kier molecular flexibility index (Phi) is 4.95. The lowest BCUT2D eigenvalue weighted by Crippen LogP contribution is -2.32. The summed E-state index contributed by atoms with van der Waals surface area (Å²) in [6.07, 6.45) is 3.97. The van der Waals surface area contributed by atoms with Gasteiger partial charge in [0.1, 0.15) is 12.4 Å². The van der Waals surface area contributed by atoms with Gasteiger partial charge < -0.3 is 10.1 Å². The molecule has 25 heavy (non-hydrogen) atoms. The van der Waals surface area contributed by atoms with Gasteiger partial charge in [-0.3, -0.25) is 4.90 Å². The predicted octanol–water partition coefficient (Wildman–Crippen LogP) is 2.41. The number of hydrogen-bond acceptors (Lipinski definition) is 5. The average molecular weight is 338 g/mol. The molecule has 2 aliphatic rings. The zero-order chi connectivity index (χ0) is 17.1. The van der Waals surface area contributed by atoms with Gasteiger partial charge in [-0.25, -0.2) is 9.97 Å². The van der Waals surface area contributed by atoms with Gasteiger partial charge in [-0.2, -0.15) is 0 Å². The topological polar surface area (TPSA) is 50.3 Å². The monoisotopic (exact) mass is 338 g/mol. The van der Waals surface area contributed by atoms with Gasteiger partial charge in [0.25, 0.3) is 0 Å². The highest BCUT2D eigenvalue weighted by atomic mass is 16.5. The van der Waals surface area contributed by atoms with Crippen LogP contribution in [0.5, 0.6) is 5.88 Å². The summed E-state index contributed by atoms with van der Waals surface area (Å²) in [7, 11) is 0. The van der Waals surface area contributed by atoms with E-state index >= 15 is 0 Å². The molecule has 1 fully saturated rings. The molecule has 5 heteroatoms. The van der Waals surface area contributed by atoms with E-state index in [1.165, 1.54) is 17.5 Å². The Balaban J connectivity index is 1.48. The van der Waals surface area contributed by atoms with Gasteiger partial charge in [-0.05, 0) is 25.5 Å². The van der Waals surface area contributed by atoms with Crippen molar-refractivity contribution in [1.82, 2.24) is 20.2 Å². The molecule has 1 N–H and O–H groups in total. The minimum Gasteiger partial charge on any atom is -0.474 e. The molecule has 0 spiro atoms. The SMILES string of the molecule is CC(Oc1ncnc2c1CN(Cc1ccccc1)CC2)C1CCNC1. The van der Waals surface area contributed by atoms with Crippen LogP contribution in [0, 0.1) is 5.92 Å². The van der Waals surface area contributed by atoms with Crippen molar-refractivity contribution in [3.63, 3.8) is 0 Å². The van der Waals surface area contributed by atoms with Gasteiger partial charge in [-0.15, -0.1) is 0 Å². The third-order valence-electron chi connectivity index (χ3n) is 5.35. The third-order valence-corrected chi connectivity index (χ3v) is 5.35. The van der Waals surface area contributed by atoms with Crippen LogP contribution in [0.4, 0.5) is 0 Å². The van der Waals surface area contributed by atoms with Gasteiger partial charge in [0.15, 0.2) is 0 Å². The van der Waals surface area contributed by atoms with Gasteiger partial charge in [0.2, 0.25) is 5.88 Å². The number of benzene rings is 1. The number of ether oxygens (including phenoxy) is 1. The second kappa shape index (κ2) is 7.50. The Bertz CT molecular complexity index is 700. The smallest absolute Gasteiger partial charge is 0.221 e. The summed E-state index contributed by atoms with van der Waals surface area (Å²) in [6.45, 7) is 7.13. The standard InChI is InChI=1S/C20H26N4O/c1-15(17-7-9-21-11-17)25-20-18-13-24(10-8-19(18)22-14-23-20)12-16-5-3-2-4-6-16/h2-6,14-15,17,21H,7-13H2,1H3. The molecule has 1 aromatic carbocycles. The largest absolute Gasteiger partial charge is 0.474 e. The summed E-state index contributed by atoms with van der Waals surface area (Å²) < 4.78 is 6.28. The number of aromatic nitrogens is 2. The minimum atomic E-state index is 0.179. The van der Waals surface area contributed by atoms with E-state index in [1.54, 1.807) is 6.33 Å². The molecule has 3 heterocycles. The van der Waals surface area contributed by atoms with Crippen molar-refractivity contribution in [1.29, 1.82) is 0 Å². The number of hydrogen-bond donors (Lipinski definition) is 1. The van der Waals surface area contributed by atoms with Gasteiger partial charge in [0.05, 0.1) is 5.69 Å². The Morgan fingerprint density at radius 2 is 2.16 bits per heavy atom. The molecule has 2 aromatic rings. The van der Waals surface area contributed by atoms with Crippen LogP contribution in [0.25, 0.3) is 0 Å². The minimum absolute atomic E-state index is 0.179. The highest BCUT2D eigenvalue weighted by Gasteiger charge is 2.26. The normalized spacial score (nSPS) is 21.7. The van der Waals surface area contributed by atoms with Crippen molar-refractivity contribution in [2.24, 2.45) is 5.92 Å². The molecule has 0 radical (unpaired) electrons. The van der Waals surface area contributed by atoms with Crippen molar-refractivity contribution in [2.45, 2.75) is 39.0 Å². The molecular formula is C20H26N4O. The zero-order valence-electron chi connectivity index (χ0n) is 14.8. The van der Waals surface area contributed by atoms with Crippen molar-refractivity contribution in [2.75, 3.05) is 19.6 Å². The fourth-order valence-electron chi connectivity index (χ4n) is 3.80. The fraction of sp³-hybridized carbons (Fsp3) is 0.500. The molecule has 2 unspecified atom stereocenters. The van der Waals surface area contributed by atoms with E-state index < -0.39 is 0 Å². The van der Waals surface area contributed by atoms with Crippen LogP contribution < -0.4 is 10.1 Å². The molecular weight excluding hydrogens is 312 g/mol. The van der Waals surface area contributed by atoms with E-state index in [9.17, 15) is 0 Å². The maximum atomic E-state index is 6.28. The van der Waals surface area contributed by atoms with E-state index in [1.807, 2.05) is 0 Å². The van der Waals surface area contributed by atoms with E-state index in [-0.39, 0.29) is 6.10 Å². The molecule has 2 atom stereocenters. The lowest BCUT2D eigenvalue weighted by Gasteiger charge is -2.30. The van der Waals surface area contributed by atoms with E-state index in [0.717, 1.165) is 50.7 Å². The highest BCUT2D eigenvalue weighted by Crippen LogP contribution is 2.28. The van der Waals surface area contributed by atoms with Crippen LogP contribution in [0.3, 0.4) is 0 Å². The second-order valence-corrected chi connectivity index (χ2v) is 7.13. The van der Waals surface area contributed by atoms with Crippen molar-refractivity contribution >= 4 is 0 Å². The van der Waals surface area contributed by atoms with Gasteiger partial charge in [-0.1, -0.05) is 30.3 Å². The summed E-state index contributed by atoms with van der Waals surface area (Å²) in [5, 5.41) is 3.41. The Morgan fingerprint density at radius 3 is 2.96 bits per heavy atom. The van der Waals surface area contributed by atoms with Gasteiger partial charge >= 0.3 is 0 Å². The zero-order valence-corrected chi connectivity index (χ0v) is 14.8. The molecule has 132 valence electrons. The van der Waals surface area contributed by atoms with E-state index in [4.69, 9.17) is 4.74 Å². The molecule has 0 aliphatic carbocycles. The fourth-order valence-corrected chi connectivity index (χ4v) is 3.80. The maximum absolute atomic E-state index is 6.28. The molecule has 5 nitrogen and oxygen atoms in total. The highest BCUT2D eigenvalue weighted by molar-refractivity contribution is 5.32. The first-order valence-electron chi connectivity index (χ1n) is 9.26. The van der Waals surface area contributed by atoms with E-state index in [2.05, 4.69) is 57.4 Å². The Labute approximate surface area is 149 Å². The first kappa shape index (κ1) is 16.5. The molecule has 1 aromatic heterocycles. The molecule has 0 amide bonds. The first-order chi connectivity index (χ1) is 12.3. The maximum Gasteiger partial charge on any atom is 0.221 e. The molecule has 2 aliphatic heterocycles. The summed E-state index contributed by atoms with van der Waals surface area (Å²) in [5.74, 6) is 1.34. The number of nitrogens with zero attached hydrogens (tertiary/aromatic N) is 3. The third kappa shape index (κ3) is 3.83. The van der Waals surface area contributed by atoms with Crippen LogP contribution in [-0.4, -0.2) is 40.6 Å². The van der Waals surface area contributed by atoms with Crippen LogP contribution in [-0.2, 0) is 19.5 Å². The van der Waals surface area contributed by atoms with E-state index in [0.29, 0.717) is 5.92 Å². The molecule has 0 bridgehead atoms. The summed E-state index contributed by atoms with van der Waals surface area (Å²) in [6, 6.07) is 10.6. The van der Waals surface area contributed by atoms with Crippen LogP contribution in [0.2, 0.25) is 0 Å². The predicted molar refractivity (Wildman–Crippen MR) is 97.4 cm³/mol. The summed E-state index contributed by atoms with van der Waals surface area (Å²) in [4.78, 5) is 11.4. The Morgan fingerprint density at radius 1 is 1.28 bits per heavy atom. The molecule has 4 rings (SSSR count). The lowest BCUT2D eigenvalue weighted by molar-refractivity contribution is 0.146. The van der Waals surface area contributed by atoms with Crippen molar-refractivity contribution in [3.05, 3.63) is 53.5 Å².